The number of hydrogen-bond donors (Lipinski definition) is 1. The van der Waals surface area contributed by atoms with Crippen molar-refractivity contribution in [2.45, 2.75) is 25.9 Å². The van der Waals surface area contributed by atoms with Gasteiger partial charge in [-0.2, -0.15) is 0 Å². The van der Waals surface area contributed by atoms with Gasteiger partial charge in [-0.15, -0.1) is 0 Å². The summed E-state index contributed by atoms with van der Waals surface area (Å²) in [5, 5.41) is 10.2. The van der Waals surface area contributed by atoms with Crippen molar-refractivity contribution in [1.29, 1.82) is 0 Å². The first-order valence-corrected chi connectivity index (χ1v) is 7.23. The summed E-state index contributed by atoms with van der Waals surface area (Å²) in [4.78, 5) is 0. The van der Waals surface area contributed by atoms with Crippen molar-refractivity contribution in [3.05, 3.63) is 69.2 Å². The lowest BCUT2D eigenvalue weighted by Crippen LogP contribution is -2.06. The zero-order valence-electron chi connectivity index (χ0n) is 11.0. The normalized spacial score (nSPS) is 12.4. The molecule has 1 nitrogen and oxygen atoms in total. The Morgan fingerprint density at radius 1 is 1.15 bits per heavy atom. The van der Waals surface area contributed by atoms with Gasteiger partial charge in [0.25, 0.3) is 0 Å². The fourth-order valence-corrected chi connectivity index (χ4v) is 2.59. The Kier molecular flexibility index (Phi) is 4.89. The van der Waals surface area contributed by atoms with Crippen LogP contribution in [0.5, 0.6) is 0 Å². The Balaban J connectivity index is 2.41. The van der Waals surface area contributed by atoms with E-state index < -0.39 is 17.7 Å². The van der Waals surface area contributed by atoms with E-state index >= 15 is 0 Å². The van der Waals surface area contributed by atoms with Crippen molar-refractivity contribution in [3.63, 3.8) is 0 Å². The van der Waals surface area contributed by atoms with E-state index in [0.29, 0.717) is 10.0 Å². The first kappa shape index (κ1) is 15.1. The largest absolute Gasteiger partial charge is 0.383 e. The van der Waals surface area contributed by atoms with Gasteiger partial charge in [0.15, 0.2) is 0 Å². The summed E-state index contributed by atoms with van der Waals surface area (Å²) in [5.41, 5.74) is 1.22. The molecule has 0 saturated heterocycles. The molecular weight excluding hydrogens is 326 g/mol. The maximum atomic E-state index is 13.9. The van der Waals surface area contributed by atoms with Crippen LogP contribution in [-0.2, 0) is 6.42 Å². The van der Waals surface area contributed by atoms with Crippen LogP contribution < -0.4 is 0 Å². The summed E-state index contributed by atoms with van der Waals surface area (Å²) < 4.78 is 28.0. The summed E-state index contributed by atoms with van der Waals surface area (Å²) in [6.07, 6.45) is 0.534. The van der Waals surface area contributed by atoms with Gasteiger partial charge < -0.3 is 5.11 Å². The van der Waals surface area contributed by atoms with Crippen LogP contribution in [0, 0.1) is 11.6 Å². The summed E-state index contributed by atoms with van der Waals surface area (Å²) in [6.45, 7) is 2.05. The molecule has 0 aliphatic rings. The Labute approximate surface area is 125 Å². The minimum atomic E-state index is -1.31. The van der Waals surface area contributed by atoms with E-state index in [2.05, 4.69) is 22.9 Å². The first-order chi connectivity index (χ1) is 9.52. The average Bonchev–Trinajstić information content (AvgIpc) is 2.38. The quantitative estimate of drug-likeness (QED) is 0.850. The van der Waals surface area contributed by atoms with Gasteiger partial charge in [0, 0.05) is 4.47 Å². The second-order valence-corrected chi connectivity index (χ2v) is 5.60. The summed E-state index contributed by atoms with van der Waals surface area (Å²) in [5.74, 6) is -1.52. The Hall–Kier alpha value is -1.26. The van der Waals surface area contributed by atoms with Gasteiger partial charge in [-0.05, 0) is 29.7 Å². The van der Waals surface area contributed by atoms with Gasteiger partial charge in [0.2, 0.25) is 0 Å². The molecule has 0 saturated carbocycles. The summed E-state index contributed by atoms with van der Waals surface area (Å²) >= 11 is 3.02. The highest BCUT2D eigenvalue weighted by Crippen LogP contribution is 2.29. The minimum Gasteiger partial charge on any atom is -0.383 e. The topological polar surface area (TPSA) is 20.2 Å². The summed E-state index contributed by atoms with van der Waals surface area (Å²) in [7, 11) is 0. The molecule has 0 radical (unpaired) electrons. The molecule has 1 atom stereocenters. The van der Waals surface area contributed by atoms with Crippen molar-refractivity contribution < 1.29 is 13.9 Å². The van der Waals surface area contributed by atoms with Crippen molar-refractivity contribution in [1.82, 2.24) is 0 Å². The van der Waals surface area contributed by atoms with E-state index in [-0.39, 0.29) is 5.56 Å². The molecular formula is C16H15BrF2O. The number of rotatable bonds is 4. The van der Waals surface area contributed by atoms with Gasteiger partial charge in [0.05, 0.1) is 5.56 Å². The minimum absolute atomic E-state index is 0.309. The number of aliphatic hydroxyl groups excluding tert-OH is 1. The second kappa shape index (κ2) is 6.46. The van der Waals surface area contributed by atoms with Crippen LogP contribution in [0.4, 0.5) is 8.78 Å². The lowest BCUT2D eigenvalue weighted by atomic mass is 9.97. The van der Waals surface area contributed by atoms with E-state index in [1.807, 2.05) is 6.07 Å². The fraction of sp³-hybridized carbons (Fsp3) is 0.250. The smallest absolute Gasteiger partial charge is 0.133 e. The highest BCUT2D eigenvalue weighted by molar-refractivity contribution is 9.10. The second-order valence-electron chi connectivity index (χ2n) is 4.68. The molecule has 1 unspecified atom stereocenters. The lowest BCUT2D eigenvalue weighted by molar-refractivity contribution is 0.209. The third kappa shape index (κ3) is 3.25. The van der Waals surface area contributed by atoms with Gasteiger partial charge >= 0.3 is 0 Å². The molecule has 0 heterocycles. The lowest BCUT2D eigenvalue weighted by Gasteiger charge is -2.15. The predicted molar refractivity (Wildman–Crippen MR) is 78.6 cm³/mol. The van der Waals surface area contributed by atoms with Crippen molar-refractivity contribution in [2.24, 2.45) is 0 Å². The maximum absolute atomic E-state index is 13.9. The molecule has 1 N–H and O–H groups in total. The molecule has 4 heteroatoms. The van der Waals surface area contributed by atoms with Gasteiger partial charge in [0.1, 0.15) is 17.7 Å². The Morgan fingerprint density at radius 2 is 1.80 bits per heavy atom. The van der Waals surface area contributed by atoms with Gasteiger partial charge in [-0.3, -0.25) is 0 Å². The van der Waals surface area contributed by atoms with Crippen LogP contribution in [0.1, 0.15) is 36.1 Å². The molecule has 0 aliphatic heterocycles. The third-order valence-corrected chi connectivity index (χ3v) is 3.58. The van der Waals surface area contributed by atoms with Crippen LogP contribution >= 0.6 is 15.9 Å². The molecule has 20 heavy (non-hydrogen) atoms. The van der Waals surface area contributed by atoms with Crippen molar-refractivity contribution >= 4 is 15.9 Å². The number of benzene rings is 2. The van der Waals surface area contributed by atoms with Crippen LogP contribution in [-0.4, -0.2) is 5.11 Å². The number of aryl methyl sites for hydroxylation is 1. The van der Waals surface area contributed by atoms with Crippen LogP contribution in [0.15, 0.2) is 40.9 Å². The van der Waals surface area contributed by atoms with Crippen molar-refractivity contribution in [2.75, 3.05) is 0 Å². The van der Waals surface area contributed by atoms with Crippen LogP contribution in [0.3, 0.4) is 0 Å². The molecule has 2 aromatic rings. The zero-order valence-corrected chi connectivity index (χ0v) is 12.6. The van der Waals surface area contributed by atoms with E-state index in [1.54, 1.807) is 18.2 Å². The molecule has 0 fully saturated rings. The Morgan fingerprint density at radius 3 is 2.40 bits per heavy atom. The molecule has 106 valence electrons. The van der Waals surface area contributed by atoms with E-state index in [0.717, 1.165) is 30.5 Å². The van der Waals surface area contributed by atoms with Crippen LogP contribution in [0.25, 0.3) is 0 Å². The zero-order chi connectivity index (χ0) is 14.7. The highest BCUT2D eigenvalue weighted by Gasteiger charge is 2.20. The SMILES string of the molecule is CCCc1cccc(C(O)c2c(F)cc(Br)cc2F)c1. The fourth-order valence-electron chi connectivity index (χ4n) is 2.19. The standard InChI is InChI=1S/C16H15BrF2O/c1-2-4-10-5-3-6-11(7-10)16(20)15-13(18)8-12(17)9-14(15)19/h3,5-9,16,20H,2,4H2,1H3. The summed E-state index contributed by atoms with van der Waals surface area (Å²) in [6, 6.07) is 9.49. The van der Waals surface area contributed by atoms with Gasteiger partial charge in [-0.1, -0.05) is 53.5 Å². The highest BCUT2D eigenvalue weighted by atomic mass is 79.9. The molecule has 0 amide bonds. The van der Waals surface area contributed by atoms with E-state index in [1.165, 1.54) is 0 Å². The molecule has 0 spiro atoms. The monoisotopic (exact) mass is 340 g/mol. The Bertz CT molecular complexity index is 590. The van der Waals surface area contributed by atoms with Crippen LogP contribution in [0.2, 0.25) is 0 Å². The molecule has 0 aromatic heterocycles. The first-order valence-electron chi connectivity index (χ1n) is 6.44. The third-order valence-electron chi connectivity index (χ3n) is 3.12. The van der Waals surface area contributed by atoms with Crippen molar-refractivity contribution in [3.8, 4) is 0 Å². The predicted octanol–water partition coefficient (Wildman–Crippen LogP) is 4.76. The maximum Gasteiger partial charge on any atom is 0.133 e. The molecule has 2 rings (SSSR count). The van der Waals surface area contributed by atoms with Gasteiger partial charge in [-0.25, -0.2) is 8.78 Å². The molecule has 0 aliphatic carbocycles. The van der Waals surface area contributed by atoms with E-state index in [9.17, 15) is 13.9 Å². The number of hydrogen-bond acceptors (Lipinski definition) is 1. The average molecular weight is 341 g/mol. The number of aliphatic hydroxyl groups is 1. The van der Waals surface area contributed by atoms with E-state index in [4.69, 9.17) is 0 Å². The molecule has 0 bridgehead atoms. The number of halogens is 3. The molecule has 2 aromatic carbocycles.